The van der Waals surface area contributed by atoms with Crippen molar-refractivity contribution in [1.29, 1.82) is 5.26 Å². The van der Waals surface area contributed by atoms with E-state index >= 15 is 0 Å². The molecule has 0 unspecified atom stereocenters. The number of methoxy groups -OCH3 is 1. The number of rotatable bonds is 2. The SMILES string of the molecule is COc1cc(Cl)ccc1C(C)(C)C#N. The minimum atomic E-state index is -0.560. The van der Waals surface area contributed by atoms with Gasteiger partial charge < -0.3 is 4.74 Å². The molecule has 0 fully saturated rings. The maximum Gasteiger partial charge on any atom is 0.125 e. The molecule has 0 aliphatic carbocycles. The Kier molecular flexibility index (Phi) is 3.03. The maximum absolute atomic E-state index is 9.00. The van der Waals surface area contributed by atoms with Crippen molar-refractivity contribution in [3.05, 3.63) is 28.8 Å². The van der Waals surface area contributed by atoms with E-state index in [4.69, 9.17) is 21.6 Å². The van der Waals surface area contributed by atoms with E-state index in [1.54, 1.807) is 19.2 Å². The third-order valence-electron chi connectivity index (χ3n) is 2.12. The molecular weight excluding hydrogens is 198 g/mol. The quantitative estimate of drug-likeness (QED) is 0.750. The minimum Gasteiger partial charge on any atom is -0.496 e. The van der Waals surface area contributed by atoms with Gasteiger partial charge in [0.2, 0.25) is 0 Å². The van der Waals surface area contributed by atoms with Crippen LogP contribution in [0.4, 0.5) is 0 Å². The average Bonchev–Trinajstić information content (AvgIpc) is 2.17. The standard InChI is InChI=1S/C11H12ClNO/c1-11(2,7-13)9-5-4-8(12)6-10(9)14-3/h4-6H,1-3H3. The predicted molar refractivity (Wildman–Crippen MR) is 56.6 cm³/mol. The molecule has 0 aliphatic heterocycles. The van der Waals surface area contributed by atoms with Crippen molar-refractivity contribution >= 4 is 11.6 Å². The Hall–Kier alpha value is -1.20. The molecule has 1 aromatic rings. The van der Waals surface area contributed by atoms with E-state index in [1.807, 2.05) is 19.9 Å². The number of hydrogen-bond acceptors (Lipinski definition) is 2. The lowest BCUT2D eigenvalue weighted by Crippen LogP contribution is -2.15. The van der Waals surface area contributed by atoms with Gasteiger partial charge in [-0.05, 0) is 26.0 Å². The highest BCUT2D eigenvalue weighted by Crippen LogP contribution is 2.32. The molecule has 1 rings (SSSR count). The summed E-state index contributed by atoms with van der Waals surface area (Å²) < 4.78 is 5.18. The number of hydrogen-bond donors (Lipinski definition) is 0. The molecule has 0 radical (unpaired) electrons. The lowest BCUT2D eigenvalue weighted by molar-refractivity contribution is 0.403. The van der Waals surface area contributed by atoms with Gasteiger partial charge in [-0.1, -0.05) is 17.7 Å². The first-order valence-corrected chi connectivity index (χ1v) is 4.64. The largest absolute Gasteiger partial charge is 0.496 e. The molecule has 74 valence electrons. The van der Waals surface area contributed by atoms with Gasteiger partial charge in [0.25, 0.3) is 0 Å². The fourth-order valence-corrected chi connectivity index (χ4v) is 1.40. The molecule has 0 bridgehead atoms. The fraction of sp³-hybridized carbons (Fsp3) is 0.364. The van der Waals surface area contributed by atoms with E-state index in [2.05, 4.69) is 6.07 Å². The number of halogens is 1. The monoisotopic (exact) mass is 209 g/mol. The van der Waals surface area contributed by atoms with Gasteiger partial charge in [0.1, 0.15) is 5.75 Å². The molecular formula is C11H12ClNO. The summed E-state index contributed by atoms with van der Waals surface area (Å²) >= 11 is 5.83. The van der Waals surface area contributed by atoms with Crippen LogP contribution >= 0.6 is 11.6 Å². The van der Waals surface area contributed by atoms with Crippen molar-refractivity contribution in [3.63, 3.8) is 0 Å². The summed E-state index contributed by atoms with van der Waals surface area (Å²) in [4.78, 5) is 0. The second kappa shape index (κ2) is 3.89. The first-order valence-electron chi connectivity index (χ1n) is 4.26. The molecule has 0 saturated carbocycles. The highest BCUT2D eigenvalue weighted by atomic mass is 35.5. The van der Waals surface area contributed by atoms with Crippen molar-refractivity contribution in [1.82, 2.24) is 0 Å². The van der Waals surface area contributed by atoms with Gasteiger partial charge in [0, 0.05) is 10.6 Å². The van der Waals surface area contributed by atoms with Gasteiger partial charge in [0.05, 0.1) is 18.6 Å². The zero-order chi connectivity index (χ0) is 10.8. The normalized spacial score (nSPS) is 10.8. The second-order valence-corrected chi connectivity index (χ2v) is 4.02. The van der Waals surface area contributed by atoms with E-state index in [-0.39, 0.29) is 0 Å². The molecule has 0 aromatic heterocycles. The Bertz CT molecular complexity index is 379. The van der Waals surface area contributed by atoms with E-state index in [0.29, 0.717) is 10.8 Å². The van der Waals surface area contributed by atoms with Crippen LogP contribution in [0, 0.1) is 11.3 Å². The Morgan fingerprint density at radius 2 is 2.07 bits per heavy atom. The van der Waals surface area contributed by atoms with E-state index in [1.165, 1.54) is 0 Å². The summed E-state index contributed by atoms with van der Waals surface area (Å²) in [5.41, 5.74) is 0.294. The van der Waals surface area contributed by atoms with Gasteiger partial charge in [-0.3, -0.25) is 0 Å². The summed E-state index contributed by atoms with van der Waals surface area (Å²) in [5.74, 6) is 0.657. The predicted octanol–water partition coefficient (Wildman–Crippen LogP) is 3.15. The Morgan fingerprint density at radius 3 is 2.57 bits per heavy atom. The Labute approximate surface area is 89.1 Å². The van der Waals surface area contributed by atoms with Crippen molar-refractivity contribution in [3.8, 4) is 11.8 Å². The van der Waals surface area contributed by atoms with Gasteiger partial charge in [-0.25, -0.2) is 0 Å². The number of benzene rings is 1. The topological polar surface area (TPSA) is 33.0 Å². The van der Waals surface area contributed by atoms with Crippen LogP contribution in [0.5, 0.6) is 5.75 Å². The van der Waals surface area contributed by atoms with Crippen LogP contribution in [-0.2, 0) is 5.41 Å². The number of nitrogens with zero attached hydrogens (tertiary/aromatic N) is 1. The van der Waals surface area contributed by atoms with Crippen LogP contribution in [0.2, 0.25) is 5.02 Å². The molecule has 1 aromatic carbocycles. The van der Waals surface area contributed by atoms with Crippen LogP contribution < -0.4 is 4.74 Å². The summed E-state index contributed by atoms with van der Waals surface area (Å²) in [6.07, 6.45) is 0. The summed E-state index contributed by atoms with van der Waals surface area (Å²) in [6.45, 7) is 3.69. The molecule has 0 atom stereocenters. The number of nitriles is 1. The summed E-state index contributed by atoms with van der Waals surface area (Å²) in [6, 6.07) is 7.53. The first kappa shape index (κ1) is 10.9. The van der Waals surface area contributed by atoms with Gasteiger partial charge in [0.15, 0.2) is 0 Å². The van der Waals surface area contributed by atoms with Crippen molar-refractivity contribution in [2.24, 2.45) is 0 Å². The first-order chi connectivity index (χ1) is 6.51. The van der Waals surface area contributed by atoms with Crippen LogP contribution in [-0.4, -0.2) is 7.11 Å². The third-order valence-corrected chi connectivity index (χ3v) is 2.35. The van der Waals surface area contributed by atoms with Gasteiger partial charge in [-0.2, -0.15) is 5.26 Å². The second-order valence-electron chi connectivity index (χ2n) is 3.58. The third kappa shape index (κ3) is 2.00. The van der Waals surface area contributed by atoms with Crippen LogP contribution in [0.25, 0.3) is 0 Å². The van der Waals surface area contributed by atoms with Crippen LogP contribution in [0.3, 0.4) is 0 Å². The van der Waals surface area contributed by atoms with E-state index in [0.717, 1.165) is 5.56 Å². The lowest BCUT2D eigenvalue weighted by atomic mass is 9.86. The lowest BCUT2D eigenvalue weighted by Gasteiger charge is -2.19. The van der Waals surface area contributed by atoms with Crippen LogP contribution in [0.1, 0.15) is 19.4 Å². The summed E-state index contributed by atoms with van der Waals surface area (Å²) in [5, 5.41) is 9.61. The highest BCUT2D eigenvalue weighted by molar-refractivity contribution is 6.30. The zero-order valence-corrected chi connectivity index (χ0v) is 9.22. The van der Waals surface area contributed by atoms with E-state index in [9.17, 15) is 0 Å². The zero-order valence-electron chi connectivity index (χ0n) is 8.47. The van der Waals surface area contributed by atoms with Crippen molar-refractivity contribution < 1.29 is 4.74 Å². The molecule has 3 heteroatoms. The number of ether oxygens (including phenoxy) is 1. The molecule has 2 nitrogen and oxygen atoms in total. The maximum atomic E-state index is 9.00. The van der Waals surface area contributed by atoms with Crippen molar-refractivity contribution in [2.45, 2.75) is 19.3 Å². The molecule has 14 heavy (non-hydrogen) atoms. The molecule has 0 saturated heterocycles. The Balaban J connectivity index is 3.29. The van der Waals surface area contributed by atoms with E-state index < -0.39 is 5.41 Å². The molecule has 0 heterocycles. The molecule has 0 amide bonds. The van der Waals surface area contributed by atoms with Gasteiger partial charge >= 0.3 is 0 Å². The molecule has 0 N–H and O–H groups in total. The Morgan fingerprint density at radius 1 is 1.43 bits per heavy atom. The average molecular weight is 210 g/mol. The molecule has 0 aliphatic rings. The molecule has 0 spiro atoms. The van der Waals surface area contributed by atoms with Crippen molar-refractivity contribution in [2.75, 3.05) is 7.11 Å². The highest BCUT2D eigenvalue weighted by Gasteiger charge is 2.23. The smallest absolute Gasteiger partial charge is 0.125 e. The van der Waals surface area contributed by atoms with Gasteiger partial charge in [-0.15, -0.1) is 0 Å². The minimum absolute atomic E-state index is 0.560. The van der Waals surface area contributed by atoms with Crippen LogP contribution in [0.15, 0.2) is 18.2 Å². The fourth-order valence-electron chi connectivity index (χ4n) is 1.24. The summed E-state index contributed by atoms with van der Waals surface area (Å²) in [7, 11) is 1.57.